The van der Waals surface area contributed by atoms with E-state index in [-0.39, 0.29) is 34.9 Å². The number of Topliss-reactive ketones (excluding diaryl/α,β-unsaturated/α-hetero) is 1. The first kappa shape index (κ1) is 63.6. The molecule has 0 atom stereocenters. The highest BCUT2D eigenvalue weighted by atomic mass is 32.2. The van der Waals surface area contributed by atoms with E-state index in [1.807, 2.05) is 67.6 Å². The molecule has 7 nitrogen and oxygen atoms in total. The molecule has 8 heteroatoms. The molecule has 78 heavy (non-hydrogen) atoms. The van der Waals surface area contributed by atoms with E-state index in [0.717, 1.165) is 84.9 Å². The Labute approximate surface area is 474 Å². The van der Waals surface area contributed by atoms with Gasteiger partial charge in [0, 0.05) is 77.1 Å². The number of hydrogen-bond acceptors (Lipinski definition) is 8. The van der Waals surface area contributed by atoms with Crippen molar-refractivity contribution in [2.45, 2.75) is 152 Å². The molecule has 0 fully saturated rings. The van der Waals surface area contributed by atoms with Crippen molar-refractivity contribution in [2.24, 2.45) is 0 Å². The van der Waals surface area contributed by atoms with Crippen LogP contribution >= 0.6 is 11.8 Å². The van der Waals surface area contributed by atoms with E-state index in [1.165, 1.54) is 27.1 Å². The maximum Gasteiger partial charge on any atom is 0.159 e. The average Bonchev–Trinajstić information content (AvgIpc) is 3.39. The Bertz CT molecular complexity index is 3020. The molecular weight excluding hydrogens is 977 g/mol. The van der Waals surface area contributed by atoms with Gasteiger partial charge in [-0.1, -0.05) is 145 Å². The quantitative estimate of drug-likeness (QED) is 0.110. The summed E-state index contributed by atoms with van der Waals surface area (Å²) in [5.41, 5.74) is 18.7. The predicted octanol–water partition coefficient (Wildman–Crippen LogP) is 19.0. The third-order valence-electron chi connectivity index (χ3n) is 13.2. The number of thioether (sulfide) groups is 1. The molecule has 412 valence electrons. The summed E-state index contributed by atoms with van der Waals surface area (Å²) >= 11 is 1.77. The first-order chi connectivity index (χ1) is 36.0. The molecule has 4 aromatic carbocycles. The van der Waals surface area contributed by atoms with Gasteiger partial charge >= 0.3 is 0 Å². The number of hydrogen-bond donors (Lipinski definition) is 0. The van der Waals surface area contributed by atoms with Crippen LogP contribution in [0.5, 0.6) is 11.5 Å². The number of aryl methyl sites for hydroxylation is 4. The maximum absolute atomic E-state index is 11.5. The van der Waals surface area contributed by atoms with Crippen LogP contribution in [-0.4, -0.2) is 46.2 Å². The number of pyridine rings is 4. The summed E-state index contributed by atoms with van der Waals surface area (Å²) in [4.78, 5) is 32.0. The Morgan fingerprint density at radius 1 is 0.397 bits per heavy atom. The van der Waals surface area contributed by atoms with Gasteiger partial charge in [-0.3, -0.25) is 24.7 Å². The SMILES string of the molecule is C.CC(=O)c1ccc(C)c(-c2cccc(C(C)(C)C)n2)c1.COc1ccc(C)c(-c2cccc(C(C)(C)C)n2)c1.COc1ccc(C)c(-c2cccc(C(C)(C)C)n2)c1.CSc1ccc(C)c(-c2cccc(C(C)(C)C)n2)c1. The lowest BCUT2D eigenvalue weighted by Gasteiger charge is -2.19. The summed E-state index contributed by atoms with van der Waals surface area (Å²) in [7, 11) is 3.38. The van der Waals surface area contributed by atoms with Gasteiger partial charge < -0.3 is 9.47 Å². The van der Waals surface area contributed by atoms with Gasteiger partial charge in [0.2, 0.25) is 0 Å². The minimum absolute atomic E-state index is 0. The standard InChI is InChI=1S/C18H21NO.2C17H21NO.C17H21NS.CH4/c1-12-9-10-14(13(2)20)11-15(12)16-7-6-8-17(19-16)18(3,4)5;3*1-12-9-10-13(19-5)11-14(12)15-7-6-8-16(18-15)17(2,3)4;/h6-11H,1-5H3;3*6-11H,1-5H3;1H4. The molecule has 0 N–H and O–H groups in total. The van der Waals surface area contributed by atoms with Crippen molar-refractivity contribution in [3.8, 4) is 56.5 Å². The predicted molar refractivity (Wildman–Crippen MR) is 334 cm³/mol. The molecule has 0 aliphatic heterocycles. The summed E-state index contributed by atoms with van der Waals surface area (Å²) in [5, 5.41) is 0. The van der Waals surface area contributed by atoms with Gasteiger partial charge in [-0.05, 0) is 154 Å². The van der Waals surface area contributed by atoms with Gasteiger partial charge in [-0.2, -0.15) is 0 Å². The molecular formula is C70H88N4O3S. The number of aromatic nitrogens is 4. The van der Waals surface area contributed by atoms with Gasteiger partial charge in [0.05, 0.1) is 37.0 Å². The van der Waals surface area contributed by atoms with Crippen LogP contribution in [0, 0.1) is 27.7 Å². The minimum atomic E-state index is 0. The first-order valence-electron chi connectivity index (χ1n) is 26.5. The summed E-state index contributed by atoms with van der Waals surface area (Å²) in [6.07, 6.45) is 2.10. The van der Waals surface area contributed by atoms with Crippen molar-refractivity contribution in [3.63, 3.8) is 0 Å². The molecule has 0 aliphatic rings. The van der Waals surface area contributed by atoms with Gasteiger partial charge in [0.15, 0.2) is 5.78 Å². The Hall–Kier alpha value is -6.90. The fraction of sp³-hybridized carbons (Fsp3) is 0.357. The van der Waals surface area contributed by atoms with Crippen LogP contribution in [0.3, 0.4) is 0 Å². The lowest BCUT2D eigenvalue weighted by atomic mass is 9.91. The van der Waals surface area contributed by atoms with Crippen molar-refractivity contribution in [2.75, 3.05) is 20.5 Å². The number of ketones is 1. The Morgan fingerprint density at radius 3 is 0.962 bits per heavy atom. The number of methoxy groups -OCH3 is 2. The van der Waals surface area contributed by atoms with E-state index >= 15 is 0 Å². The molecule has 4 heterocycles. The number of carbonyl (C=O) groups is 1. The van der Waals surface area contributed by atoms with Crippen molar-refractivity contribution in [1.82, 2.24) is 19.9 Å². The topological polar surface area (TPSA) is 87.1 Å². The van der Waals surface area contributed by atoms with Crippen LogP contribution in [0.25, 0.3) is 45.0 Å². The smallest absolute Gasteiger partial charge is 0.159 e. The lowest BCUT2D eigenvalue weighted by molar-refractivity contribution is 0.101. The lowest BCUT2D eigenvalue weighted by Crippen LogP contribution is -2.13. The molecule has 0 unspecified atom stereocenters. The van der Waals surface area contributed by atoms with Crippen LogP contribution in [0.1, 0.15) is 153 Å². The minimum Gasteiger partial charge on any atom is -0.497 e. The van der Waals surface area contributed by atoms with Crippen molar-refractivity contribution >= 4 is 17.5 Å². The van der Waals surface area contributed by atoms with Crippen molar-refractivity contribution in [3.05, 3.63) is 196 Å². The second-order valence-corrected chi connectivity index (χ2v) is 24.6. The largest absolute Gasteiger partial charge is 0.497 e. The number of benzene rings is 4. The zero-order valence-electron chi connectivity index (χ0n) is 49.8. The number of carbonyl (C=O) groups excluding carboxylic acids is 1. The highest BCUT2D eigenvalue weighted by Gasteiger charge is 2.20. The summed E-state index contributed by atoms with van der Waals surface area (Å²) in [6, 6.07) is 49.4. The second kappa shape index (κ2) is 27.1. The van der Waals surface area contributed by atoms with E-state index in [4.69, 9.17) is 29.4 Å². The van der Waals surface area contributed by atoms with E-state index in [9.17, 15) is 4.79 Å². The van der Waals surface area contributed by atoms with Crippen molar-refractivity contribution in [1.29, 1.82) is 0 Å². The van der Waals surface area contributed by atoms with Crippen LogP contribution in [0.2, 0.25) is 0 Å². The second-order valence-electron chi connectivity index (χ2n) is 23.8. The van der Waals surface area contributed by atoms with Gasteiger partial charge in [0.25, 0.3) is 0 Å². The summed E-state index contributed by atoms with van der Waals surface area (Å²) in [5.74, 6) is 1.81. The van der Waals surface area contributed by atoms with E-state index < -0.39 is 0 Å². The van der Waals surface area contributed by atoms with Crippen LogP contribution in [0.4, 0.5) is 0 Å². The fourth-order valence-electron chi connectivity index (χ4n) is 8.14. The highest BCUT2D eigenvalue weighted by Crippen LogP contribution is 2.33. The third kappa shape index (κ3) is 17.6. The highest BCUT2D eigenvalue weighted by molar-refractivity contribution is 7.98. The monoisotopic (exact) mass is 1060 g/mol. The van der Waals surface area contributed by atoms with Gasteiger partial charge in [0.1, 0.15) is 11.5 Å². The zero-order valence-corrected chi connectivity index (χ0v) is 50.6. The molecule has 0 amide bonds. The molecule has 0 radical (unpaired) electrons. The zero-order chi connectivity index (χ0) is 57.0. The van der Waals surface area contributed by atoms with Crippen LogP contribution in [0.15, 0.2) is 150 Å². The molecule has 0 bridgehead atoms. The van der Waals surface area contributed by atoms with E-state index in [0.29, 0.717) is 0 Å². The molecule has 8 rings (SSSR count). The number of rotatable bonds is 8. The van der Waals surface area contributed by atoms with E-state index in [2.05, 4.69) is 195 Å². The molecule has 8 aromatic rings. The summed E-state index contributed by atoms with van der Waals surface area (Å²) in [6.45, 7) is 36.1. The average molecular weight is 1070 g/mol. The van der Waals surface area contributed by atoms with Crippen LogP contribution in [-0.2, 0) is 21.7 Å². The number of nitrogens with zero attached hydrogens (tertiary/aromatic N) is 4. The Kier molecular flexibility index (Phi) is 22.1. The molecule has 4 aromatic heterocycles. The molecule has 0 aliphatic carbocycles. The van der Waals surface area contributed by atoms with Gasteiger partial charge in [-0.25, -0.2) is 0 Å². The Balaban J connectivity index is 0.000000223. The third-order valence-corrected chi connectivity index (χ3v) is 13.9. The van der Waals surface area contributed by atoms with E-state index in [1.54, 1.807) is 32.9 Å². The van der Waals surface area contributed by atoms with Crippen LogP contribution < -0.4 is 9.47 Å². The number of ether oxygens (including phenoxy) is 2. The summed E-state index contributed by atoms with van der Waals surface area (Å²) < 4.78 is 10.6. The Morgan fingerprint density at radius 2 is 0.679 bits per heavy atom. The van der Waals surface area contributed by atoms with Gasteiger partial charge in [-0.15, -0.1) is 11.8 Å². The first-order valence-corrected chi connectivity index (χ1v) is 27.7. The molecule has 0 saturated carbocycles. The molecule has 0 saturated heterocycles. The van der Waals surface area contributed by atoms with Crippen molar-refractivity contribution < 1.29 is 14.3 Å². The maximum atomic E-state index is 11.5. The fourth-order valence-corrected chi connectivity index (χ4v) is 8.58. The molecule has 0 spiro atoms. The normalized spacial score (nSPS) is 11.3.